The number of carbonyl (C=O) groups is 13. The van der Waals surface area contributed by atoms with Crippen LogP contribution in [-0.2, 0) is 62.3 Å². The van der Waals surface area contributed by atoms with E-state index in [4.69, 9.17) is 5.73 Å². The minimum atomic E-state index is -1.78. The van der Waals surface area contributed by atoms with E-state index in [1.54, 1.807) is 0 Å². The predicted molar refractivity (Wildman–Crippen MR) is 246 cm³/mol. The highest BCUT2D eigenvalue weighted by Crippen LogP contribution is 2.16. The Morgan fingerprint density at radius 1 is 0.342 bits per heavy atom. The normalized spacial score (nSPS) is 15.2. The number of carboxylic acids is 9. The maximum Gasteiger partial charge on any atom is 0.320 e. The third-order valence-corrected chi connectivity index (χ3v) is 11.6. The molecule has 0 bridgehead atoms. The van der Waals surface area contributed by atoms with Gasteiger partial charge in [0.05, 0.1) is 39.3 Å². The summed E-state index contributed by atoms with van der Waals surface area (Å²) in [5, 5.41) is 85.9. The molecule has 11 N–H and O–H groups in total. The summed E-state index contributed by atoms with van der Waals surface area (Å²) in [4.78, 5) is 168. The van der Waals surface area contributed by atoms with Crippen LogP contribution in [0.5, 0.6) is 0 Å². The van der Waals surface area contributed by atoms with Crippen LogP contribution in [0.1, 0.15) is 77.0 Å². The van der Waals surface area contributed by atoms with Crippen LogP contribution in [0, 0.1) is 0 Å². The smallest absolute Gasteiger partial charge is 0.320 e. The first-order valence-corrected chi connectivity index (χ1v) is 23.3. The van der Waals surface area contributed by atoms with Gasteiger partial charge >= 0.3 is 53.7 Å². The fourth-order valence-electron chi connectivity index (χ4n) is 8.10. The van der Waals surface area contributed by atoms with Gasteiger partial charge in [-0.15, -0.1) is 0 Å². The molecule has 0 saturated carbocycles. The van der Waals surface area contributed by atoms with Gasteiger partial charge in [-0.1, -0.05) is 6.42 Å². The molecule has 4 amide bonds. The molecule has 0 aliphatic carbocycles. The molecule has 3 unspecified atom stereocenters. The summed E-state index contributed by atoms with van der Waals surface area (Å²) < 4.78 is 0. The van der Waals surface area contributed by atoms with E-state index >= 15 is 0 Å². The first kappa shape index (κ1) is 64.0. The van der Waals surface area contributed by atoms with Crippen molar-refractivity contribution in [3.8, 4) is 0 Å². The second-order valence-electron chi connectivity index (χ2n) is 17.1. The van der Waals surface area contributed by atoms with Gasteiger partial charge in [0.15, 0.2) is 0 Å². The van der Waals surface area contributed by atoms with Crippen molar-refractivity contribution in [2.24, 2.45) is 5.73 Å². The summed E-state index contributed by atoms with van der Waals surface area (Å²) in [6.45, 7) is -7.12. The Kier molecular flexibility index (Phi) is 29.4. The Hall–Kier alpha value is -7.05. The van der Waals surface area contributed by atoms with E-state index in [-0.39, 0.29) is 77.5 Å². The Morgan fingerprint density at radius 3 is 0.781 bits per heavy atom. The van der Waals surface area contributed by atoms with Gasteiger partial charge in [0.1, 0.15) is 18.1 Å². The van der Waals surface area contributed by atoms with Crippen LogP contribution < -0.4 is 5.73 Å². The van der Waals surface area contributed by atoms with Crippen molar-refractivity contribution < 1.29 is 108 Å². The van der Waals surface area contributed by atoms with Crippen molar-refractivity contribution in [1.29, 1.82) is 0 Å². The summed E-state index contributed by atoms with van der Waals surface area (Å²) in [5.41, 5.74) is 5.61. The molecule has 30 nitrogen and oxygen atoms in total. The topological polar surface area (TPSA) is 453 Å². The van der Waals surface area contributed by atoms with Gasteiger partial charge in [-0.3, -0.25) is 77.0 Å². The summed E-state index contributed by atoms with van der Waals surface area (Å²) in [6, 6.07) is -5.27. The molecule has 1 aliphatic heterocycles. The highest BCUT2D eigenvalue weighted by atomic mass is 16.4. The SMILES string of the molecule is NCCCCCC(=O)N1CCCN(C(=O)CCC(C(=O)O)N(CC(=O)O)CC(=O)O)CCN(C(=O)CCC(C(=O)O)N(CC(=O)O)CC(=O)O)CCCN(C(=O)CCC(C(=O)O)N(CC(=O)O)CC(=O)O)CC1. The van der Waals surface area contributed by atoms with Crippen molar-refractivity contribution in [3.63, 3.8) is 0 Å². The van der Waals surface area contributed by atoms with Gasteiger partial charge in [-0.05, 0) is 51.5 Å². The fraction of sp³-hybridized carbons (Fsp3) is 0.698. The minimum Gasteiger partial charge on any atom is -0.480 e. The van der Waals surface area contributed by atoms with Gasteiger partial charge in [0.2, 0.25) is 23.6 Å². The van der Waals surface area contributed by atoms with Gasteiger partial charge in [-0.25, -0.2) is 0 Å². The molecule has 1 saturated heterocycles. The number of nitrogens with two attached hydrogens (primary N) is 1. The summed E-state index contributed by atoms with van der Waals surface area (Å²) >= 11 is 0. The zero-order chi connectivity index (χ0) is 55.4. The first-order chi connectivity index (χ1) is 34.3. The van der Waals surface area contributed by atoms with Gasteiger partial charge in [-0.2, -0.15) is 0 Å². The summed E-state index contributed by atoms with van der Waals surface area (Å²) in [5.74, 6) is -16.7. The maximum absolute atomic E-state index is 14.0. The van der Waals surface area contributed by atoms with Crippen LogP contribution in [0.4, 0.5) is 0 Å². The van der Waals surface area contributed by atoms with Crippen LogP contribution in [0.15, 0.2) is 0 Å². The fourth-order valence-corrected chi connectivity index (χ4v) is 8.10. The molecule has 0 spiro atoms. The molecular weight excluding hydrogens is 981 g/mol. The minimum absolute atomic E-state index is 0.0346. The van der Waals surface area contributed by atoms with E-state index in [0.717, 1.165) is 0 Å². The summed E-state index contributed by atoms with van der Waals surface area (Å²) in [7, 11) is 0. The Bertz CT molecular complexity index is 1910. The number of aliphatic carboxylic acids is 9. The van der Waals surface area contributed by atoms with Crippen molar-refractivity contribution >= 4 is 77.4 Å². The Balaban J connectivity index is 3.74. The van der Waals surface area contributed by atoms with E-state index in [1.165, 1.54) is 19.6 Å². The van der Waals surface area contributed by atoms with Gasteiger partial charge in [0.25, 0.3) is 0 Å². The van der Waals surface area contributed by atoms with Crippen LogP contribution in [0.2, 0.25) is 0 Å². The largest absolute Gasteiger partial charge is 0.480 e. The van der Waals surface area contributed by atoms with E-state index in [0.29, 0.717) is 40.5 Å². The Morgan fingerprint density at radius 2 is 0.575 bits per heavy atom. The van der Waals surface area contributed by atoms with E-state index in [9.17, 15) is 108 Å². The number of unbranched alkanes of at least 4 members (excludes halogenated alkanes) is 2. The number of hydrogen-bond donors (Lipinski definition) is 10. The lowest BCUT2D eigenvalue weighted by molar-refractivity contribution is -0.152. The molecule has 1 fully saturated rings. The molecule has 0 aromatic heterocycles. The number of nitrogens with zero attached hydrogens (tertiary/aromatic N) is 7. The maximum atomic E-state index is 14.0. The molecule has 412 valence electrons. The average Bonchev–Trinajstić information content (AvgIpc) is 3.26. The average molecular weight is 1050 g/mol. The molecule has 1 heterocycles. The quantitative estimate of drug-likeness (QED) is 0.0295. The van der Waals surface area contributed by atoms with Crippen molar-refractivity contribution in [1.82, 2.24) is 34.3 Å². The highest BCUT2D eigenvalue weighted by Gasteiger charge is 2.34. The number of amides is 4. The molecule has 1 rings (SSSR count). The first-order valence-electron chi connectivity index (χ1n) is 23.3. The third-order valence-electron chi connectivity index (χ3n) is 11.6. The number of hydrogen-bond acceptors (Lipinski definition) is 17. The summed E-state index contributed by atoms with van der Waals surface area (Å²) in [6.07, 6.45) is -1.73. The number of carboxylic acid groups (broad SMARTS) is 9. The van der Waals surface area contributed by atoms with E-state index < -0.39 is 167 Å². The van der Waals surface area contributed by atoms with E-state index in [2.05, 4.69) is 0 Å². The zero-order valence-electron chi connectivity index (χ0n) is 40.4. The number of rotatable bonds is 32. The van der Waals surface area contributed by atoms with Crippen LogP contribution in [-0.4, -0.2) is 274 Å². The van der Waals surface area contributed by atoms with Gasteiger partial charge < -0.3 is 71.3 Å². The lowest BCUT2D eigenvalue weighted by atomic mass is 10.1. The molecule has 0 aromatic carbocycles. The van der Waals surface area contributed by atoms with Crippen LogP contribution in [0.25, 0.3) is 0 Å². The molecule has 73 heavy (non-hydrogen) atoms. The van der Waals surface area contributed by atoms with Crippen molar-refractivity contribution in [2.75, 3.05) is 98.2 Å². The lowest BCUT2D eigenvalue weighted by Gasteiger charge is -2.33. The second-order valence-corrected chi connectivity index (χ2v) is 17.1. The molecule has 0 radical (unpaired) electrons. The van der Waals surface area contributed by atoms with Gasteiger partial charge in [0, 0.05) is 78.0 Å². The lowest BCUT2D eigenvalue weighted by Crippen LogP contribution is -2.49. The molecule has 1 aliphatic rings. The highest BCUT2D eigenvalue weighted by molar-refractivity contribution is 5.83. The van der Waals surface area contributed by atoms with Crippen molar-refractivity contribution in [2.45, 2.75) is 95.2 Å². The third kappa shape index (κ3) is 25.8. The molecule has 0 aromatic rings. The number of carbonyl (C=O) groups excluding carboxylic acids is 4. The predicted octanol–water partition coefficient (Wildman–Crippen LogP) is -3.27. The molecule has 30 heteroatoms. The van der Waals surface area contributed by atoms with E-state index in [1.807, 2.05) is 0 Å². The monoisotopic (exact) mass is 1050 g/mol. The molecule has 3 atom stereocenters. The Labute approximate surface area is 418 Å². The van der Waals surface area contributed by atoms with Crippen molar-refractivity contribution in [3.05, 3.63) is 0 Å². The second kappa shape index (κ2) is 33.6. The molecular formula is C43H68N8O22. The van der Waals surface area contributed by atoms with Crippen LogP contribution in [0.3, 0.4) is 0 Å². The zero-order valence-corrected chi connectivity index (χ0v) is 40.4. The standard InChI is InChI=1S/C43H68N8O22/c44-13-3-1-2-6-31(52)45-14-4-15-47(33(54)11-8-29(42(70)71)50(24-37(60)61)25-38(62)63)20-21-48(34(55)12-9-30(43(72)73)51(26-39(64)65)27-40(66)67)17-5-16-46(19-18-45)32(53)10-7-28(41(68)69)49(22-35(56)57)23-36(58)59/h28-30H,1-27,44H2,(H,56,57)(H,58,59)(H,60,61)(H,62,63)(H,64,65)(H,66,67)(H,68,69)(H,70,71)(H,72,73). The van der Waals surface area contributed by atoms with Crippen LogP contribution >= 0.6 is 0 Å².